The molecule has 6 nitrogen and oxygen atoms in total. The third-order valence-electron chi connectivity index (χ3n) is 4.08. The monoisotopic (exact) mass is 343 g/mol. The molecule has 0 aromatic heterocycles. The summed E-state index contributed by atoms with van der Waals surface area (Å²) >= 11 is 0. The fraction of sp³-hybridized carbons (Fsp3) is 0.421. The molecular weight excluding hydrogens is 318 g/mol. The Bertz CT molecular complexity index is 636. The lowest BCUT2D eigenvalue weighted by Crippen LogP contribution is -2.33. The topological polar surface area (TPSA) is 78.5 Å². The summed E-state index contributed by atoms with van der Waals surface area (Å²) in [6.07, 6.45) is 4.70. The van der Waals surface area contributed by atoms with Crippen molar-refractivity contribution in [2.45, 2.75) is 38.1 Å². The van der Waals surface area contributed by atoms with Gasteiger partial charge < -0.3 is 15.5 Å². The molecule has 25 heavy (non-hydrogen) atoms. The summed E-state index contributed by atoms with van der Waals surface area (Å²) in [4.78, 5) is 36.6. The first-order valence-corrected chi connectivity index (χ1v) is 8.53. The Morgan fingerprint density at radius 2 is 1.88 bits per heavy atom. The summed E-state index contributed by atoms with van der Waals surface area (Å²) in [5.74, 6) is -0.224. The van der Waals surface area contributed by atoms with Gasteiger partial charge in [-0.1, -0.05) is 18.7 Å². The highest BCUT2D eigenvalue weighted by molar-refractivity contribution is 5.98. The van der Waals surface area contributed by atoms with E-state index in [1.165, 1.54) is 6.08 Å². The van der Waals surface area contributed by atoms with Gasteiger partial charge in [0.15, 0.2) is 0 Å². The molecule has 1 aromatic rings. The average Bonchev–Trinajstić information content (AvgIpc) is 3.42. The second-order valence-corrected chi connectivity index (χ2v) is 6.30. The molecular formula is C19H25N3O3. The number of nitrogens with zero attached hydrogens (tertiary/aromatic N) is 1. The maximum absolute atomic E-state index is 12.1. The lowest BCUT2D eigenvalue weighted by molar-refractivity contribution is -0.130. The third kappa shape index (κ3) is 6.79. The molecule has 134 valence electrons. The van der Waals surface area contributed by atoms with Crippen LogP contribution in [0, 0.1) is 0 Å². The van der Waals surface area contributed by atoms with Crippen LogP contribution in [0.25, 0.3) is 0 Å². The van der Waals surface area contributed by atoms with Crippen LogP contribution in [0.15, 0.2) is 36.9 Å². The van der Waals surface area contributed by atoms with Crippen LogP contribution in [0.4, 0.5) is 5.69 Å². The van der Waals surface area contributed by atoms with Crippen LogP contribution < -0.4 is 10.6 Å². The molecule has 1 aliphatic rings. The highest BCUT2D eigenvalue weighted by Gasteiger charge is 2.23. The molecule has 0 saturated heterocycles. The number of benzene rings is 1. The van der Waals surface area contributed by atoms with E-state index in [1.807, 2.05) is 12.1 Å². The van der Waals surface area contributed by atoms with Crippen molar-refractivity contribution >= 4 is 23.4 Å². The predicted molar refractivity (Wildman–Crippen MR) is 97.0 cm³/mol. The molecule has 1 aromatic carbocycles. The highest BCUT2D eigenvalue weighted by atomic mass is 16.2. The largest absolute Gasteiger partial charge is 0.353 e. The van der Waals surface area contributed by atoms with Gasteiger partial charge in [-0.2, -0.15) is 0 Å². The smallest absolute Gasteiger partial charge is 0.247 e. The SMILES string of the molecule is C=CC(=O)Nc1ccc(CCC(=O)N(C)CCC(=O)NC2CC2)cc1. The van der Waals surface area contributed by atoms with Gasteiger partial charge in [0.25, 0.3) is 0 Å². The van der Waals surface area contributed by atoms with Gasteiger partial charge in [0.05, 0.1) is 0 Å². The lowest BCUT2D eigenvalue weighted by atomic mass is 10.1. The summed E-state index contributed by atoms with van der Waals surface area (Å²) in [6, 6.07) is 7.72. The Kier molecular flexibility index (Phi) is 6.74. The van der Waals surface area contributed by atoms with E-state index in [2.05, 4.69) is 17.2 Å². The summed E-state index contributed by atoms with van der Waals surface area (Å²) in [7, 11) is 1.72. The molecule has 6 heteroatoms. The van der Waals surface area contributed by atoms with E-state index in [4.69, 9.17) is 0 Å². The van der Waals surface area contributed by atoms with Gasteiger partial charge in [0, 0.05) is 38.2 Å². The molecule has 2 rings (SSSR count). The number of amides is 3. The van der Waals surface area contributed by atoms with Gasteiger partial charge in [0.2, 0.25) is 17.7 Å². The van der Waals surface area contributed by atoms with E-state index in [-0.39, 0.29) is 17.7 Å². The molecule has 1 aliphatic carbocycles. The van der Waals surface area contributed by atoms with E-state index in [0.717, 1.165) is 18.4 Å². The summed E-state index contributed by atoms with van der Waals surface area (Å²) < 4.78 is 0. The van der Waals surface area contributed by atoms with E-state index in [9.17, 15) is 14.4 Å². The van der Waals surface area contributed by atoms with Crippen LogP contribution in [0.3, 0.4) is 0 Å². The summed E-state index contributed by atoms with van der Waals surface area (Å²) in [5, 5.41) is 5.59. The van der Waals surface area contributed by atoms with Crippen molar-refractivity contribution in [2.75, 3.05) is 18.9 Å². The zero-order valence-electron chi connectivity index (χ0n) is 14.6. The van der Waals surface area contributed by atoms with E-state index >= 15 is 0 Å². The Labute approximate surface area is 148 Å². The van der Waals surface area contributed by atoms with Gasteiger partial charge in [-0.3, -0.25) is 14.4 Å². The molecule has 0 atom stereocenters. The van der Waals surface area contributed by atoms with Crippen molar-refractivity contribution in [2.24, 2.45) is 0 Å². The van der Waals surface area contributed by atoms with Crippen LogP contribution in [-0.4, -0.2) is 42.3 Å². The zero-order chi connectivity index (χ0) is 18.2. The molecule has 0 heterocycles. The fourth-order valence-electron chi connectivity index (χ4n) is 2.31. The molecule has 0 unspecified atom stereocenters. The quantitative estimate of drug-likeness (QED) is 0.672. The number of carbonyl (C=O) groups is 3. The number of carbonyl (C=O) groups excluding carboxylic acids is 3. The van der Waals surface area contributed by atoms with Crippen LogP contribution in [-0.2, 0) is 20.8 Å². The Hall–Kier alpha value is -2.63. The molecule has 1 fully saturated rings. The minimum atomic E-state index is -0.254. The van der Waals surface area contributed by atoms with Crippen LogP contribution in [0.2, 0.25) is 0 Å². The lowest BCUT2D eigenvalue weighted by Gasteiger charge is -2.17. The normalized spacial score (nSPS) is 13.0. The second kappa shape index (κ2) is 9.01. The van der Waals surface area contributed by atoms with Crippen molar-refractivity contribution in [1.29, 1.82) is 0 Å². The summed E-state index contributed by atoms with van der Waals surface area (Å²) in [5.41, 5.74) is 1.71. The molecule has 2 N–H and O–H groups in total. The predicted octanol–water partition coefficient (Wildman–Crippen LogP) is 1.87. The molecule has 0 spiro atoms. The standard InChI is InChI=1S/C19H25N3O3/c1-3-17(23)20-15-7-4-14(5-8-15)6-11-19(25)22(2)13-12-18(24)21-16-9-10-16/h3-5,7-8,16H,1,6,9-13H2,2H3,(H,20,23)(H,21,24). The highest BCUT2D eigenvalue weighted by Crippen LogP contribution is 2.18. The zero-order valence-corrected chi connectivity index (χ0v) is 14.6. The Morgan fingerprint density at radius 1 is 1.20 bits per heavy atom. The molecule has 0 radical (unpaired) electrons. The maximum atomic E-state index is 12.1. The van der Waals surface area contributed by atoms with Crippen molar-refractivity contribution in [3.63, 3.8) is 0 Å². The first kappa shape index (κ1) is 18.7. The molecule has 3 amide bonds. The number of hydrogen-bond donors (Lipinski definition) is 2. The first-order valence-electron chi connectivity index (χ1n) is 8.53. The molecule has 0 bridgehead atoms. The number of anilines is 1. The van der Waals surface area contributed by atoms with E-state index in [0.29, 0.717) is 37.5 Å². The Balaban J connectivity index is 1.69. The first-order chi connectivity index (χ1) is 12.0. The van der Waals surface area contributed by atoms with Crippen molar-refractivity contribution in [3.8, 4) is 0 Å². The molecule has 0 aliphatic heterocycles. The van der Waals surface area contributed by atoms with Gasteiger partial charge in [-0.05, 0) is 43.0 Å². The third-order valence-corrected chi connectivity index (χ3v) is 4.08. The second-order valence-electron chi connectivity index (χ2n) is 6.30. The van der Waals surface area contributed by atoms with Gasteiger partial charge >= 0.3 is 0 Å². The fourth-order valence-corrected chi connectivity index (χ4v) is 2.31. The van der Waals surface area contributed by atoms with Crippen molar-refractivity contribution in [1.82, 2.24) is 10.2 Å². The van der Waals surface area contributed by atoms with Crippen LogP contribution >= 0.6 is 0 Å². The van der Waals surface area contributed by atoms with E-state index in [1.54, 1.807) is 24.1 Å². The number of rotatable bonds is 9. The van der Waals surface area contributed by atoms with Crippen molar-refractivity contribution < 1.29 is 14.4 Å². The number of nitrogens with one attached hydrogen (secondary N) is 2. The van der Waals surface area contributed by atoms with Crippen LogP contribution in [0.5, 0.6) is 0 Å². The minimum Gasteiger partial charge on any atom is -0.353 e. The molecule has 1 saturated carbocycles. The Morgan fingerprint density at radius 3 is 2.48 bits per heavy atom. The van der Waals surface area contributed by atoms with Crippen molar-refractivity contribution in [3.05, 3.63) is 42.5 Å². The van der Waals surface area contributed by atoms with Gasteiger partial charge in [-0.25, -0.2) is 0 Å². The average molecular weight is 343 g/mol. The summed E-state index contributed by atoms with van der Waals surface area (Å²) in [6.45, 7) is 3.84. The number of aryl methyl sites for hydroxylation is 1. The number of hydrogen-bond acceptors (Lipinski definition) is 3. The minimum absolute atomic E-state index is 0.0133. The van der Waals surface area contributed by atoms with Gasteiger partial charge in [0.1, 0.15) is 0 Å². The van der Waals surface area contributed by atoms with Gasteiger partial charge in [-0.15, -0.1) is 0 Å². The maximum Gasteiger partial charge on any atom is 0.247 e. The van der Waals surface area contributed by atoms with Crippen LogP contribution in [0.1, 0.15) is 31.2 Å². The van der Waals surface area contributed by atoms with E-state index < -0.39 is 0 Å².